The topological polar surface area (TPSA) is 34.1 Å². The van der Waals surface area contributed by atoms with Gasteiger partial charge in [-0.2, -0.15) is 0 Å². The van der Waals surface area contributed by atoms with Crippen LogP contribution >= 0.6 is 0 Å². The van der Waals surface area contributed by atoms with Gasteiger partial charge in [0, 0.05) is 36.1 Å². The van der Waals surface area contributed by atoms with Gasteiger partial charge in [-0.25, -0.2) is 4.39 Å². The van der Waals surface area contributed by atoms with E-state index >= 15 is 0 Å². The lowest BCUT2D eigenvalue weighted by atomic mass is 10.2. The number of aromatic nitrogens is 1. The Morgan fingerprint density at radius 2 is 2.05 bits per heavy atom. The molecule has 4 heteroatoms. The molecule has 1 heterocycles. The first-order valence-electron chi connectivity index (χ1n) is 6.85. The molecule has 1 aliphatic carbocycles. The van der Waals surface area contributed by atoms with Crippen LogP contribution in [-0.4, -0.2) is 11.0 Å². The van der Waals surface area contributed by atoms with Gasteiger partial charge < -0.3 is 10.1 Å². The third-order valence-electron chi connectivity index (χ3n) is 3.36. The lowest BCUT2D eigenvalue weighted by Gasteiger charge is -2.12. The van der Waals surface area contributed by atoms with Gasteiger partial charge in [0.15, 0.2) is 0 Å². The third kappa shape index (κ3) is 3.33. The van der Waals surface area contributed by atoms with Crippen molar-refractivity contribution in [2.24, 2.45) is 0 Å². The van der Waals surface area contributed by atoms with E-state index < -0.39 is 0 Å². The van der Waals surface area contributed by atoms with Gasteiger partial charge in [0.25, 0.3) is 0 Å². The second kappa shape index (κ2) is 6.01. The summed E-state index contributed by atoms with van der Waals surface area (Å²) in [7, 11) is 0. The average Bonchev–Trinajstić information content (AvgIpc) is 3.29. The van der Waals surface area contributed by atoms with Crippen LogP contribution in [0.15, 0.2) is 42.7 Å². The molecule has 1 N–H and O–H groups in total. The molecule has 0 radical (unpaired) electrons. The minimum absolute atomic E-state index is 0.229. The van der Waals surface area contributed by atoms with E-state index in [2.05, 4.69) is 10.3 Å². The van der Waals surface area contributed by atoms with E-state index in [1.165, 1.54) is 18.9 Å². The minimum atomic E-state index is -0.237. The summed E-state index contributed by atoms with van der Waals surface area (Å²) in [5, 5.41) is 3.43. The summed E-state index contributed by atoms with van der Waals surface area (Å²) in [5.74, 6) is 0.524. The van der Waals surface area contributed by atoms with Crippen molar-refractivity contribution in [2.75, 3.05) is 0 Å². The van der Waals surface area contributed by atoms with Crippen LogP contribution in [0.3, 0.4) is 0 Å². The number of nitrogens with one attached hydrogen (secondary N) is 1. The molecule has 0 aliphatic heterocycles. The molecule has 0 bridgehead atoms. The summed E-state index contributed by atoms with van der Waals surface area (Å²) < 4.78 is 19.3. The van der Waals surface area contributed by atoms with Crippen molar-refractivity contribution in [3.8, 4) is 5.75 Å². The van der Waals surface area contributed by atoms with Crippen LogP contribution in [-0.2, 0) is 13.2 Å². The summed E-state index contributed by atoms with van der Waals surface area (Å²) in [6.45, 7) is 0.970. The molecule has 1 saturated carbocycles. The fraction of sp³-hybridized carbons (Fsp3) is 0.312. The second-order valence-corrected chi connectivity index (χ2v) is 5.02. The highest BCUT2D eigenvalue weighted by Crippen LogP contribution is 2.22. The number of pyridine rings is 1. The van der Waals surface area contributed by atoms with E-state index in [1.54, 1.807) is 24.5 Å². The van der Waals surface area contributed by atoms with Gasteiger partial charge in [0.1, 0.15) is 18.2 Å². The van der Waals surface area contributed by atoms with Gasteiger partial charge in [-0.1, -0.05) is 18.2 Å². The van der Waals surface area contributed by atoms with Crippen molar-refractivity contribution in [3.63, 3.8) is 0 Å². The van der Waals surface area contributed by atoms with Crippen LogP contribution in [0.25, 0.3) is 0 Å². The fourth-order valence-corrected chi connectivity index (χ4v) is 2.00. The van der Waals surface area contributed by atoms with E-state index in [1.807, 2.05) is 12.1 Å². The summed E-state index contributed by atoms with van der Waals surface area (Å²) >= 11 is 0. The molecule has 0 spiro atoms. The Kier molecular flexibility index (Phi) is 3.92. The molecule has 1 aromatic heterocycles. The van der Waals surface area contributed by atoms with Gasteiger partial charge in [-0.05, 0) is 25.0 Å². The summed E-state index contributed by atoms with van der Waals surface area (Å²) in [6.07, 6.45) is 5.97. The number of benzene rings is 1. The zero-order valence-corrected chi connectivity index (χ0v) is 11.2. The molecule has 3 rings (SSSR count). The average molecular weight is 272 g/mol. The highest BCUT2D eigenvalue weighted by atomic mass is 19.1. The Morgan fingerprint density at radius 3 is 2.85 bits per heavy atom. The molecule has 3 nitrogen and oxygen atoms in total. The first-order chi connectivity index (χ1) is 9.83. The van der Waals surface area contributed by atoms with Gasteiger partial charge in [0.2, 0.25) is 0 Å². The van der Waals surface area contributed by atoms with E-state index in [-0.39, 0.29) is 12.4 Å². The molecule has 0 atom stereocenters. The smallest absolute Gasteiger partial charge is 0.129 e. The number of nitrogens with zero attached hydrogens (tertiary/aromatic N) is 1. The second-order valence-electron chi connectivity index (χ2n) is 5.02. The largest absolute Gasteiger partial charge is 0.488 e. The van der Waals surface area contributed by atoms with Gasteiger partial charge >= 0.3 is 0 Å². The zero-order valence-electron chi connectivity index (χ0n) is 11.2. The van der Waals surface area contributed by atoms with Crippen LogP contribution in [0.4, 0.5) is 4.39 Å². The highest BCUT2D eigenvalue weighted by Gasteiger charge is 2.20. The molecule has 1 fully saturated rings. The number of halogens is 1. The molecular formula is C16H17FN2O. The van der Waals surface area contributed by atoms with Crippen LogP contribution in [0.1, 0.15) is 24.0 Å². The Labute approximate surface area is 117 Å². The van der Waals surface area contributed by atoms with Gasteiger partial charge in [-0.3, -0.25) is 4.98 Å². The predicted molar refractivity (Wildman–Crippen MR) is 74.8 cm³/mol. The third-order valence-corrected chi connectivity index (χ3v) is 3.36. The standard InChI is InChI=1S/C16H17FN2O/c17-15-4-2-1-3-12(15)11-20-16-7-8-18-9-13(16)10-19-14-5-6-14/h1-4,7-9,14,19H,5-6,10-11H2. The molecule has 0 unspecified atom stereocenters. The highest BCUT2D eigenvalue weighted by molar-refractivity contribution is 5.30. The molecular weight excluding hydrogens is 255 g/mol. The quantitative estimate of drug-likeness (QED) is 0.877. The molecule has 104 valence electrons. The van der Waals surface area contributed by atoms with Gasteiger partial charge in [-0.15, -0.1) is 0 Å². The minimum Gasteiger partial charge on any atom is -0.488 e. The first kappa shape index (κ1) is 13.1. The fourth-order valence-electron chi connectivity index (χ4n) is 2.00. The lowest BCUT2D eigenvalue weighted by molar-refractivity contribution is 0.295. The monoisotopic (exact) mass is 272 g/mol. The molecule has 1 aliphatic rings. The van der Waals surface area contributed by atoms with Crippen molar-refractivity contribution in [3.05, 3.63) is 59.7 Å². The molecule has 0 amide bonds. The maximum Gasteiger partial charge on any atom is 0.129 e. The summed E-state index contributed by atoms with van der Waals surface area (Å²) in [6, 6.07) is 9.12. The first-order valence-corrected chi connectivity index (χ1v) is 6.85. The van der Waals surface area contributed by atoms with Crippen molar-refractivity contribution < 1.29 is 9.13 Å². The van der Waals surface area contributed by atoms with Crippen molar-refractivity contribution >= 4 is 0 Å². The van der Waals surface area contributed by atoms with Crippen molar-refractivity contribution in [1.82, 2.24) is 10.3 Å². The van der Waals surface area contributed by atoms with E-state index in [9.17, 15) is 4.39 Å². The van der Waals surface area contributed by atoms with Crippen LogP contribution in [0.2, 0.25) is 0 Å². The van der Waals surface area contributed by atoms with Gasteiger partial charge in [0.05, 0.1) is 0 Å². The SMILES string of the molecule is Fc1ccccc1COc1ccncc1CNC1CC1. The van der Waals surface area contributed by atoms with Crippen LogP contribution in [0.5, 0.6) is 5.75 Å². The molecule has 2 aromatic rings. The lowest BCUT2D eigenvalue weighted by Crippen LogP contribution is -2.16. The zero-order chi connectivity index (χ0) is 13.8. The van der Waals surface area contributed by atoms with Crippen LogP contribution < -0.4 is 10.1 Å². The number of rotatable bonds is 6. The van der Waals surface area contributed by atoms with E-state index in [0.29, 0.717) is 11.6 Å². The Morgan fingerprint density at radius 1 is 1.20 bits per heavy atom. The van der Waals surface area contributed by atoms with E-state index in [0.717, 1.165) is 17.9 Å². The molecule has 20 heavy (non-hydrogen) atoms. The molecule has 0 saturated heterocycles. The van der Waals surface area contributed by atoms with E-state index in [4.69, 9.17) is 4.74 Å². The number of hydrogen-bond acceptors (Lipinski definition) is 3. The predicted octanol–water partition coefficient (Wildman–Crippen LogP) is 3.05. The summed E-state index contributed by atoms with van der Waals surface area (Å²) in [4.78, 5) is 4.12. The maximum absolute atomic E-state index is 13.6. The Balaban J connectivity index is 1.65. The normalized spacial score (nSPS) is 14.2. The Hall–Kier alpha value is -1.94. The van der Waals surface area contributed by atoms with Crippen molar-refractivity contribution in [1.29, 1.82) is 0 Å². The van der Waals surface area contributed by atoms with Crippen molar-refractivity contribution in [2.45, 2.75) is 32.0 Å². The number of hydrogen-bond donors (Lipinski definition) is 1. The van der Waals surface area contributed by atoms with Crippen LogP contribution in [0, 0.1) is 5.82 Å². The number of ether oxygens (including phenoxy) is 1. The summed E-state index contributed by atoms with van der Waals surface area (Å²) in [5.41, 5.74) is 1.57. The molecule has 1 aromatic carbocycles. The Bertz CT molecular complexity index is 584. The maximum atomic E-state index is 13.6.